The van der Waals surface area contributed by atoms with Gasteiger partial charge in [0.2, 0.25) is 0 Å². The van der Waals surface area contributed by atoms with Gasteiger partial charge >= 0.3 is 5.97 Å². The van der Waals surface area contributed by atoms with Gasteiger partial charge in [0, 0.05) is 32.0 Å². The average Bonchev–Trinajstić information content (AvgIpc) is 2.36. The van der Waals surface area contributed by atoms with Crippen LogP contribution in [0.1, 0.15) is 24.5 Å². The van der Waals surface area contributed by atoms with E-state index in [2.05, 4.69) is 4.90 Å². The van der Waals surface area contributed by atoms with Crippen LogP contribution in [0.3, 0.4) is 0 Å². The topological polar surface area (TPSA) is 57.6 Å². The van der Waals surface area contributed by atoms with E-state index in [-0.39, 0.29) is 12.3 Å². The van der Waals surface area contributed by atoms with Gasteiger partial charge < -0.3 is 5.11 Å². The second-order valence-corrected chi connectivity index (χ2v) is 5.19. The molecule has 0 amide bonds. The lowest BCUT2D eigenvalue weighted by molar-refractivity contribution is -0.136. The van der Waals surface area contributed by atoms with E-state index in [1.165, 1.54) is 0 Å². The van der Waals surface area contributed by atoms with Crippen molar-refractivity contribution in [1.29, 1.82) is 0 Å². The minimum Gasteiger partial charge on any atom is -0.481 e. The Hall–Kier alpha value is -1.68. The molecule has 0 saturated carbocycles. The van der Waals surface area contributed by atoms with Gasteiger partial charge in [-0.1, -0.05) is 31.2 Å². The fourth-order valence-corrected chi connectivity index (χ4v) is 2.53. The summed E-state index contributed by atoms with van der Waals surface area (Å²) >= 11 is 0. The van der Waals surface area contributed by atoms with Gasteiger partial charge in [-0.25, -0.2) is 0 Å². The molecule has 19 heavy (non-hydrogen) atoms. The Morgan fingerprint density at radius 3 is 2.68 bits per heavy atom. The maximum Gasteiger partial charge on any atom is 0.307 e. The summed E-state index contributed by atoms with van der Waals surface area (Å²) in [4.78, 5) is 24.6. The van der Waals surface area contributed by atoms with Crippen LogP contribution < -0.4 is 0 Å². The van der Waals surface area contributed by atoms with Gasteiger partial charge in [0.25, 0.3) is 0 Å². The predicted molar refractivity (Wildman–Crippen MR) is 71.8 cm³/mol. The molecule has 1 unspecified atom stereocenters. The third-order valence-corrected chi connectivity index (χ3v) is 3.61. The van der Waals surface area contributed by atoms with E-state index in [0.717, 1.165) is 30.8 Å². The van der Waals surface area contributed by atoms with Gasteiger partial charge in [0.1, 0.15) is 5.78 Å². The fraction of sp³-hybridized carbons (Fsp3) is 0.467. The van der Waals surface area contributed by atoms with Gasteiger partial charge in [-0.3, -0.25) is 14.5 Å². The zero-order chi connectivity index (χ0) is 13.8. The van der Waals surface area contributed by atoms with Gasteiger partial charge in [-0.05, 0) is 11.1 Å². The standard InChI is InChI=1S/C15H19NO3/c1-11-9-16(7-6-14(11)17)10-13-5-3-2-4-12(13)8-15(18)19/h2-5,11H,6-10H2,1H3,(H,18,19). The Labute approximate surface area is 113 Å². The SMILES string of the molecule is CC1CN(Cc2ccccc2CC(=O)O)CCC1=O. The van der Waals surface area contributed by atoms with Crippen molar-refractivity contribution < 1.29 is 14.7 Å². The molecule has 1 N–H and O–H groups in total. The fourth-order valence-electron chi connectivity index (χ4n) is 2.53. The maximum absolute atomic E-state index is 11.5. The summed E-state index contributed by atoms with van der Waals surface area (Å²) in [7, 11) is 0. The molecule has 1 saturated heterocycles. The van der Waals surface area contributed by atoms with Crippen molar-refractivity contribution in [2.24, 2.45) is 5.92 Å². The number of ketones is 1. The number of carboxylic acid groups (broad SMARTS) is 1. The largest absolute Gasteiger partial charge is 0.481 e. The van der Waals surface area contributed by atoms with Gasteiger partial charge in [0.05, 0.1) is 6.42 Å². The zero-order valence-corrected chi connectivity index (χ0v) is 11.1. The van der Waals surface area contributed by atoms with Crippen molar-refractivity contribution in [3.8, 4) is 0 Å². The number of carboxylic acids is 1. The number of rotatable bonds is 4. The van der Waals surface area contributed by atoms with E-state index in [9.17, 15) is 9.59 Å². The molecule has 2 rings (SSSR count). The number of piperidine rings is 1. The smallest absolute Gasteiger partial charge is 0.307 e. The molecular weight excluding hydrogens is 242 g/mol. The molecule has 1 aliphatic rings. The van der Waals surface area contributed by atoms with Crippen molar-refractivity contribution >= 4 is 11.8 Å². The number of nitrogens with zero attached hydrogens (tertiary/aromatic N) is 1. The molecule has 4 nitrogen and oxygen atoms in total. The lowest BCUT2D eigenvalue weighted by Crippen LogP contribution is -2.39. The number of benzene rings is 1. The molecule has 0 aliphatic carbocycles. The van der Waals surface area contributed by atoms with Crippen LogP contribution in [0.4, 0.5) is 0 Å². The molecule has 1 heterocycles. The van der Waals surface area contributed by atoms with Crippen LogP contribution in [-0.4, -0.2) is 34.8 Å². The molecule has 102 valence electrons. The summed E-state index contributed by atoms with van der Waals surface area (Å²) in [6.07, 6.45) is 0.654. The normalized spacial score (nSPS) is 20.5. The predicted octanol–water partition coefficient (Wildman–Crippen LogP) is 1.72. The first-order valence-electron chi connectivity index (χ1n) is 6.60. The van der Waals surface area contributed by atoms with Gasteiger partial charge in [0.15, 0.2) is 0 Å². The van der Waals surface area contributed by atoms with E-state index < -0.39 is 5.97 Å². The van der Waals surface area contributed by atoms with Crippen molar-refractivity contribution in [1.82, 2.24) is 4.90 Å². The molecule has 1 fully saturated rings. The lowest BCUT2D eigenvalue weighted by Gasteiger charge is -2.30. The molecule has 4 heteroatoms. The molecule has 0 spiro atoms. The van der Waals surface area contributed by atoms with E-state index in [4.69, 9.17) is 5.11 Å². The van der Waals surface area contributed by atoms with Crippen LogP contribution in [0, 0.1) is 5.92 Å². The monoisotopic (exact) mass is 261 g/mol. The van der Waals surface area contributed by atoms with Crippen LogP contribution in [0.2, 0.25) is 0 Å². The number of aliphatic carboxylic acids is 1. The van der Waals surface area contributed by atoms with E-state index in [1.807, 2.05) is 31.2 Å². The van der Waals surface area contributed by atoms with Crippen LogP contribution in [-0.2, 0) is 22.6 Å². The number of carbonyl (C=O) groups is 2. The third-order valence-electron chi connectivity index (χ3n) is 3.61. The molecule has 0 aromatic heterocycles. The van der Waals surface area contributed by atoms with E-state index in [1.54, 1.807) is 0 Å². The van der Waals surface area contributed by atoms with E-state index in [0.29, 0.717) is 12.2 Å². The third kappa shape index (κ3) is 3.64. The highest BCUT2D eigenvalue weighted by Crippen LogP contribution is 2.18. The number of carbonyl (C=O) groups excluding carboxylic acids is 1. The summed E-state index contributed by atoms with van der Waals surface area (Å²) in [6.45, 7) is 4.21. The van der Waals surface area contributed by atoms with Gasteiger partial charge in [-0.2, -0.15) is 0 Å². The summed E-state index contributed by atoms with van der Waals surface area (Å²) in [6, 6.07) is 7.63. The zero-order valence-electron chi connectivity index (χ0n) is 11.1. The number of Topliss-reactive ketones (excluding diaryl/α,β-unsaturated/α-hetero) is 1. The molecular formula is C15H19NO3. The molecule has 0 bridgehead atoms. The minimum atomic E-state index is -0.811. The van der Waals surface area contributed by atoms with Gasteiger partial charge in [-0.15, -0.1) is 0 Å². The summed E-state index contributed by atoms with van der Waals surface area (Å²) in [5.74, 6) is -0.398. The first kappa shape index (κ1) is 13.7. The first-order valence-corrected chi connectivity index (χ1v) is 6.60. The average molecular weight is 261 g/mol. The lowest BCUT2D eigenvalue weighted by atomic mass is 9.97. The van der Waals surface area contributed by atoms with Crippen LogP contribution in [0.5, 0.6) is 0 Å². The summed E-state index contributed by atoms with van der Waals surface area (Å²) in [5, 5.41) is 8.92. The highest BCUT2D eigenvalue weighted by atomic mass is 16.4. The number of likely N-dealkylation sites (tertiary alicyclic amines) is 1. The molecule has 1 aromatic rings. The molecule has 1 atom stereocenters. The second kappa shape index (κ2) is 5.97. The highest BCUT2D eigenvalue weighted by Gasteiger charge is 2.23. The first-order chi connectivity index (χ1) is 9.06. The Morgan fingerprint density at radius 2 is 2.05 bits per heavy atom. The number of hydrogen-bond acceptors (Lipinski definition) is 3. The van der Waals surface area contributed by atoms with Crippen molar-refractivity contribution in [3.05, 3.63) is 35.4 Å². The maximum atomic E-state index is 11.5. The van der Waals surface area contributed by atoms with E-state index >= 15 is 0 Å². The quantitative estimate of drug-likeness (QED) is 0.896. The Kier molecular flexibility index (Phi) is 4.32. The Morgan fingerprint density at radius 1 is 1.37 bits per heavy atom. The molecule has 0 radical (unpaired) electrons. The molecule has 1 aliphatic heterocycles. The van der Waals surface area contributed by atoms with Crippen molar-refractivity contribution in [3.63, 3.8) is 0 Å². The van der Waals surface area contributed by atoms with Crippen molar-refractivity contribution in [2.75, 3.05) is 13.1 Å². The van der Waals surface area contributed by atoms with Crippen molar-refractivity contribution in [2.45, 2.75) is 26.3 Å². The Balaban J connectivity index is 2.06. The Bertz CT molecular complexity index is 484. The second-order valence-electron chi connectivity index (χ2n) is 5.19. The highest BCUT2D eigenvalue weighted by molar-refractivity contribution is 5.81. The summed E-state index contributed by atoms with van der Waals surface area (Å²) in [5.41, 5.74) is 1.91. The number of hydrogen-bond donors (Lipinski definition) is 1. The minimum absolute atomic E-state index is 0.0541. The van der Waals surface area contributed by atoms with Crippen LogP contribution in [0.15, 0.2) is 24.3 Å². The van der Waals surface area contributed by atoms with Crippen LogP contribution in [0.25, 0.3) is 0 Å². The summed E-state index contributed by atoms with van der Waals surface area (Å²) < 4.78 is 0. The van der Waals surface area contributed by atoms with Crippen LogP contribution >= 0.6 is 0 Å². The molecule has 1 aromatic carbocycles.